The van der Waals surface area contributed by atoms with Gasteiger partial charge in [-0.1, -0.05) is 6.08 Å². The number of hydrogen-bond acceptors (Lipinski definition) is 3. The van der Waals surface area contributed by atoms with Crippen LogP contribution in [0.2, 0.25) is 0 Å². The quantitative estimate of drug-likeness (QED) is 0.663. The second-order valence-electron chi connectivity index (χ2n) is 3.90. The summed E-state index contributed by atoms with van der Waals surface area (Å²) in [6, 6.07) is 0.378. The lowest BCUT2D eigenvalue weighted by atomic mass is 9.98. The summed E-state index contributed by atoms with van der Waals surface area (Å²) in [5, 5.41) is 18.1. The Hall–Kier alpha value is -0.540. The first-order valence-electron chi connectivity index (χ1n) is 5.04. The summed E-state index contributed by atoms with van der Waals surface area (Å²) in [5.74, 6) is 0.346. The molecule has 2 N–H and O–H groups in total. The van der Waals surface area contributed by atoms with Gasteiger partial charge in [0.25, 0.3) is 0 Å². The van der Waals surface area contributed by atoms with Crippen LogP contribution in [0.5, 0.6) is 0 Å². The van der Waals surface area contributed by atoms with Gasteiger partial charge in [-0.15, -0.1) is 0 Å². The number of aliphatic hydroxyl groups excluding tert-OH is 2. The lowest BCUT2D eigenvalue weighted by Gasteiger charge is -2.26. The van der Waals surface area contributed by atoms with E-state index in [9.17, 15) is 5.11 Å². The predicted molar refractivity (Wildman–Crippen MR) is 50.1 cm³/mol. The molecule has 2 aliphatic rings. The molecule has 1 saturated heterocycles. The van der Waals surface area contributed by atoms with Gasteiger partial charge in [0.2, 0.25) is 0 Å². The normalized spacial score (nSPS) is 32.2. The van der Waals surface area contributed by atoms with Crippen LogP contribution in [-0.2, 0) is 0 Å². The Labute approximate surface area is 78.7 Å². The van der Waals surface area contributed by atoms with Gasteiger partial charge in [-0.2, -0.15) is 0 Å². The van der Waals surface area contributed by atoms with E-state index in [0.29, 0.717) is 12.0 Å². The third kappa shape index (κ3) is 1.46. The molecule has 0 saturated carbocycles. The summed E-state index contributed by atoms with van der Waals surface area (Å²) in [6.07, 6.45) is 5.19. The summed E-state index contributed by atoms with van der Waals surface area (Å²) in [5.41, 5.74) is 1.39. The molecular formula is C10H17NO2. The molecule has 0 bridgehead atoms. The fourth-order valence-corrected chi connectivity index (χ4v) is 2.58. The first kappa shape index (κ1) is 9.03. The van der Waals surface area contributed by atoms with E-state index in [-0.39, 0.29) is 13.2 Å². The zero-order valence-corrected chi connectivity index (χ0v) is 7.82. The molecule has 0 aromatic rings. The van der Waals surface area contributed by atoms with Gasteiger partial charge in [0, 0.05) is 37.4 Å². The van der Waals surface area contributed by atoms with E-state index < -0.39 is 0 Å². The van der Waals surface area contributed by atoms with Gasteiger partial charge in [0.15, 0.2) is 0 Å². The van der Waals surface area contributed by atoms with Crippen molar-refractivity contribution in [2.75, 3.05) is 19.8 Å². The van der Waals surface area contributed by atoms with Crippen LogP contribution in [0.25, 0.3) is 0 Å². The van der Waals surface area contributed by atoms with Crippen molar-refractivity contribution in [2.24, 2.45) is 5.92 Å². The van der Waals surface area contributed by atoms with Gasteiger partial charge in [0.1, 0.15) is 0 Å². The Balaban J connectivity index is 2.08. The molecule has 0 aromatic carbocycles. The van der Waals surface area contributed by atoms with Crippen molar-refractivity contribution in [3.05, 3.63) is 11.8 Å². The molecule has 3 heteroatoms. The van der Waals surface area contributed by atoms with E-state index in [4.69, 9.17) is 5.11 Å². The molecule has 0 aromatic heterocycles. The lowest BCUT2D eigenvalue weighted by Crippen LogP contribution is -2.33. The van der Waals surface area contributed by atoms with Crippen molar-refractivity contribution < 1.29 is 10.2 Å². The number of fused-ring (bicyclic) bond motifs is 1. The Kier molecular flexibility index (Phi) is 2.56. The third-order valence-corrected chi connectivity index (χ3v) is 3.19. The van der Waals surface area contributed by atoms with Gasteiger partial charge in [-0.25, -0.2) is 0 Å². The first-order chi connectivity index (χ1) is 6.36. The Morgan fingerprint density at radius 3 is 3.00 bits per heavy atom. The highest BCUT2D eigenvalue weighted by atomic mass is 16.3. The van der Waals surface area contributed by atoms with Crippen molar-refractivity contribution in [1.29, 1.82) is 0 Å². The topological polar surface area (TPSA) is 43.7 Å². The Bertz CT molecular complexity index is 215. The molecule has 3 nitrogen and oxygen atoms in total. The summed E-state index contributed by atoms with van der Waals surface area (Å²) < 4.78 is 0. The summed E-state index contributed by atoms with van der Waals surface area (Å²) in [6.45, 7) is 1.56. The molecule has 2 aliphatic heterocycles. The molecule has 13 heavy (non-hydrogen) atoms. The highest BCUT2D eigenvalue weighted by Crippen LogP contribution is 2.37. The van der Waals surface area contributed by atoms with Crippen LogP contribution < -0.4 is 0 Å². The van der Waals surface area contributed by atoms with Gasteiger partial charge < -0.3 is 15.1 Å². The Morgan fingerprint density at radius 2 is 2.31 bits per heavy atom. The standard InChI is InChI=1S/C10H17NO2/c12-5-3-10-8(7-13)6-9-2-1-4-11(9)10/h2,8,10,12-13H,1,3-7H2/t8-,10+/m0/s1. The molecule has 0 unspecified atom stereocenters. The molecule has 2 heterocycles. The van der Waals surface area contributed by atoms with E-state index >= 15 is 0 Å². The van der Waals surface area contributed by atoms with E-state index in [1.165, 1.54) is 5.70 Å². The zero-order chi connectivity index (χ0) is 9.26. The largest absolute Gasteiger partial charge is 0.396 e. The van der Waals surface area contributed by atoms with E-state index in [1.807, 2.05) is 0 Å². The molecule has 0 amide bonds. The average molecular weight is 183 g/mol. The summed E-state index contributed by atoms with van der Waals surface area (Å²) in [7, 11) is 0. The van der Waals surface area contributed by atoms with Crippen LogP contribution in [0, 0.1) is 5.92 Å². The van der Waals surface area contributed by atoms with Crippen LogP contribution in [0.4, 0.5) is 0 Å². The molecule has 0 aliphatic carbocycles. The fraction of sp³-hybridized carbons (Fsp3) is 0.800. The second-order valence-corrected chi connectivity index (χ2v) is 3.90. The fourth-order valence-electron chi connectivity index (χ4n) is 2.58. The van der Waals surface area contributed by atoms with Crippen molar-refractivity contribution in [1.82, 2.24) is 4.90 Å². The molecule has 0 radical (unpaired) electrons. The smallest absolute Gasteiger partial charge is 0.0482 e. The number of nitrogens with zero attached hydrogens (tertiary/aromatic N) is 1. The second kappa shape index (κ2) is 3.68. The molecule has 0 spiro atoms. The first-order valence-corrected chi connectivity index (χ1v) is 5.04. The minimum Gasteiger partial charge on any atom is -0.396 e. The number of allylic oxidation sites excluding steroid dienone is 1. The summed E-state index contributed by atoms with van der Waals surface area (Å²) >= 11 is 0. The molecule has 2 rings (SSSR count). The van der Waals surface area contributed by atoms with Gasteiger partial charge in [-0.3, -0.25) is 0 Å². The van der Waals surface area contributed by atoms with Crippen LogP contribution in [0.3, 0.4) is 0 Å². The average Bonchev–Trinajstić information content (AvgIpc) is 2.67. The molecule has 74 valence electrons. The number of aliphatic hydroxyl groups is 2. The molecular weight excluding hydrogens is 166 g/mol. The maximum Gasteiger partial charge on any atom is 0.0482 e. The zero-order valence-electron chi connectivity index (χ0n) is 7.82. The number of rotatable bonds is 3. The molecule has 1 fully saturated rings. The van der Waals surface area contributed by atoms with Crippen molar-refractivity contribution in [3.63, 3.8) is 0 Å². The van der Waals surface area contributed by atoms with E-state index in [2.05, 4.69) is 11.0 Å². The summed E-state index contributed by atoms with van der Waals surface area (Å²) in [4.78, 5) is 2.36. The highest BCUT2D eigenvalue weighted by Gasteiger charge is 2.37. The van der Waals surface area contributed by atoms with Gasteiger partial charge in [0.05, 0.1) is 0 Å². The van der Waals surface area contributed by atoms with Gasteiger partial charge in [-0.05, 0) is 19.3 Å². The lowest BCUT2D eigenvalue weighted by molar-refractivity contribution is 0.147. The maximum absolute atomic E-state index is 9.18. The predicted octanol–water partition coefficient (Wildman–Crippen LogP) is 0.339. The van der Waals surface area contributed by atoms with Crippen LogP contribution in [0.1, 0.15) is 19.3 Å². The van der Waals surface area contributed by atoms with Crippen LogP contribution in [0.15, 0.2) is 11.8 Å². The highest BCUT2D eigenvalue weighted by molar-refractivity contribution is 5.16. The van der Waals surface area contributed by atoms with Crippen LogP contribution >= 0.6 is 0 Å². The van der Waals surface area contributed by atoms with Crippen molar-refractivity contribution in [2.45, 2.75) is 25.3 Å². The van der Waals surface area contributed by atoms with E-state index in [1.54, 1.807) is 0 Å². The Morgan fingerprint density at radius 1 is 1.46 bits per heavy atom. The third-order valence-electron chi connectivity index (χ3n) is 3.19. The van der Waals surface area contributed by atoms with E-state index in [0.717, 1.165) is 25.8 Å². The minimum atomic E-state index is 0.227. The minimum absolute atomic E-state index is 0.227. The number of hydrogen-bond donors (Lipinski definition) is 2. The van der Waals surface area contributed by atoms with Crippen LogP contribution in [-0.4, -0.2) is 40.9 Å². The van der Waals surface area contributed by atoms with Crippen molar-refractivity contribution in [3.8, 4) is 0 Å². The van der Waals surface area contributed by atoms with Gasteiger partial charge >= 0.3 is 0 Å². The molecule has 2 atom stereocenters. The maximum atomic E-state index is 9.18. The monoisotopic (exact) mass is 183 g/mol. The van der Waals surface area contributed by atoms with Crippen molar-refractivity contribution >= 4 is 0 Å². The SMILES string of the molecule is OCC[C@@H]1[C@H](CO)CC2=CCCN21.